The van der Waals surface area contributed by atoms with Gasteiger partial charge in [-0.25, -0.2) is 0 Å². The first-order chi connectivity index (χ1) is 8.34. The van der Waals surface area contributed by atoms with Crippen molar-refractivity contribution in [2.75, 3.05) is 13.6 Å². The molecule has 18 heavy (non-hydrogen) atoms. The van der Waals surface area contributed by atoms with Gasteiger partial charge in [0.25, 0.3) is 0 Å². The van der Waals surface area contributed by atoms with Crippen LogP contribution in [-0.4, -0.2) is 13.6 Å². The third-order valence-electron chi connectivity index (χ3n) is 3.65. The highest BCUT2D eigenvalue weighted by Gasteiger charge is 2.18. The quantitative estimate of drug-likeness (QED) is 0.625. The van der Waals surface area contributed by atoms with Gasteiger partial charge in [-0.05, 0) is 16.7 Å². The standard InChI is InChI=1S/C16H17N.HI/c1-17-11-10-16-14(12-17)8-5-9-15(16)13-6-3-2-4-7-13;/h2-9H,10-12H2,1H3;1H. The average molecular weight is 351 g/mol. The van der Waals surface area contributed by atoms with Gasteiger partial charge in [-0.1, -0.05) is 48.5 Å². The van der Waals surface area contributed by atoms with E-state index in [-0.39, 0.29) is 24.0 Å². The number of halogens is 1. The molecule has 3 rings (SSSR count). The molecule has 0 aliphatic carbocycles. The summed E-state index contributed by atoms with van der Waals surface area (Å²) in [5.74, 6) is 0. The Kier molecular flexibility index (Phi) is 4.40. The van der Waals surface area contributed by atoms with Crippen molar-refractivity contribution in [3.8, 4) is 11.1 Å². The Bertz CT molecular complexity index is 522. The van der Waals surface area contributed by atoms with Gasteiger partial charge in [0, 0.05) is 12.0 Å². The van der Waals surface area contributed by atoms with E-state index < -0.39 is 0 Å². The Morgan fingerprint density at radius 3 is 2.50 bits per heavy atom. The average Bonchev–Trinajstić information content (AvgIpc) is 2.39. The molecule has 1 N–H and O–H groups in total. The maximum atomic E-state index is 2.28. The molecule has 1 heterocycles. The van der Waals surface area contributed by atoms with Crippen molar-refractivity contribution in [2.45, 2.75) is 13.0 Å². The summed E-state index contributed by atoms with van der Waals surface area (Å²) in [6, 6.07) is 17.5. The summed E-state index contributed by atoms with van der Waals surface area (Å²) >= 11 is 0. The number of rotatable bonds is 1. The van der Waals surface area contributed by atoms with Crippen molar-refractivity contribution in [2.24, 2.45) is 0 Å². The molecule has 1 nitrogen and oxygen atoms in total. The van der Waals surface area contributed by atoms with E-state index in [1.54, 1.807) is 10.5 Å². The molecule has 2 aromatic rings. The second-order valence-corrected chi connectivity index (χ2v) is 4.94. The fourth-order valence-corrected chi connectivity index (χ4v) is 2.74. The molecule has 0 fully saturated rings. The van der Waals surface area contributed by atoms with E-state index in [0.29, 0.717) is 0 Å². The highest BCUT2D eigenvalue weighted by Crippen LogP contribution is 2.27. The Balaban J connectivity index is 0.00000120. The first-order valence-electron chi connectivity index (χ1n) is 6.32. The second-order valence-electron chi connectivity index (χ2n) is 4.94. The van der Waals surface area contributed by atoms with Crippen molar-refractivity contribution in [1.82, 2.24) is 0 Å². The Morgan fingerprint density at radius 2 is 1.72 bits per heavy atom. The predicted molar refractivity (Wildman–Crippen MR) is 71.0 cm³/mol. The summed E-state index contributed by atoms with van der Waals surface area (Å²) in [6.07, 6.45) is 1.20. The summed E-state index contributed by atoms with van der Waals surface area (Å²) in [7, 11) is 2.28. The smallest absolute Gasteiger partial charge is 0.103 e. The van der Waals surface area contributed by atoms with Gasteiger partial charge >= 0.3 is 0 Å². The number of quaternary nitrogens is 1. The van der Waals surface area contributed by atoms with Gasteiger partial charge in [-0.2, -0.15) is 0 Å². The van der Waals surface area contributed by atoms with Crippen LogP contribution in [0.25, 0.3) is 11.1 Å². The number of hydrogen-bond acceptors (Lipinski definition) is 0. The third-order valence-corrected chi connectivity index (χ3v) is 3.65. The number of fused-ring (bicyclic) bond motifs is 1. The Morgan fingerprint density at radius 1 is 0.944 bits per heavy atom. The molecule has 1 atom stereocenters. The molecule has 2 aromatic carbocycles. The van der Waals surface area contributed by atoms with Crippen molar-refractivity contribution in [3.63, 3.8) is 0 Å². The molecular formula is C16H18IN. The van der Waals surface area contributed by atoms with E-state index in [0.717, 1.165) is 6.54 Å². The monoisotopic (exact) mass is 351 g/mol. The minimum atomic E-state index is 0. The number of hydrogen-bond donors (Lipinski definition) is 1. The Hall–Kier alpha value is -0.870. The molecule has 1 unspecified atom stereocenters. The maximum Gasteiger partial charge on any atom is 0.103 e. The lowest BCUT2D eigenvalue weighted by Crippen LogP contribution is -3.08. The summed E-state index contributed by atoms with van der Waals surface area (Å²) in [4.78, 5) is 1.61. The minimum absolute atomic E-state index is 0. The zero-order valence-electron chi connectivity index (χ0n) is 10.6. The molecule has 0 radical (unpaired) electrons. The third kappa shape index (κ3) is 2.59. The fraction of sp³-hybridized carbons (Fsp3) is 0.250. The van der Waals surface area contributed by atoms with Crippen LogP contribution in [0.5, 0.6) is 0 Å². The van der Waals surface area contributed by atoms with Crippen LogP contribution in [0, 0.1) is 0 Å². The summed E-state index contributed by atoms with van der Waals surface area (Å²) < 4.78 is 0. The molecule has 0 aromatic heterocycles. The highest BCUT2D eigenvalue weighted by molar-refractivity contribution is 5.68. The minimum Gasteiger partial charge on any atom is -1.00 e. The van der Waals surface area contributed by atoms with Gasteiger partial charge in [-0.3, -0.25) is 0 Å². The second kappa shape index (κ2) is 5.85. The van der Waals surface area contributed by atoms with Gasteiger partial charge < -0.3 is 28.9 Å². The van der Waals surface area contributed by atoms with Crippen molar-refractivity contribution >= 4 is 0 Å². The molecule has 0 amide bonds. The van der Waals surface area contributed by atoms with E-state index in [9.17, 15) is 0 Å². The molecule has 94 valence electrons. The molecule has 1 aliphatic heterocycles. The lowest BCUT2D eigenvalue weighted by Gasteiger charge is -2.24. The number of likely N-dealkylation sites (N-methyl/N-ethyl adjacent to an activating group) is 1. The number of benzene rings is 2. The lowest BCUT2D eigenvalue weighted by atomic mass is 9.91. The number of nitrogens with one attached hydrogen (secondary N) is 1. The van der Waals surface area contributed by atoms with Crippen LogP contribution < -0.4 is 28.9 Å². The summed E-state index contributed by atoms with van der Waals surface area (Å²) in [6.45, 7) is 2.41. The molecule has 0 saturated carbocycles. The van der Waals surface area contributed by atoms with Crippen LogP contribution in [0.1, 0.15) is 11.1 Å². The van der Waals surface area contributed by atoms with E-state index in [4.69, 9.17) is 0 Å². The first-order valence-corrected chi connectivity index (χ1v) is 6.32. The Labute approximate surface area is 126 Å². The molecule has 0 spiro atoms. The van der Waals surface area contributed by atoms with Gasteiger partial charge in [0.2, 0.25) is 0 Å². The largest absolute Gasteiger partial charge is 1.00 e. The zero-order valence-corrected chi connectivity index (χ0v) is 12.8. The summed E-state index contributed by atoms with van der Waals surface area (Å²) in [5, 5.41) is 0. The molecular weight excluding hydrogens is 333 g/mol. The molecule has 0 bridgehead atoms. The van der Waals surface area contributed by atoms with Crippen LogP contribution in [-0.2, 0) is 13.0 Å². The summed E-state index contributed by atoms with van der Waals surface area (Å²) in [5.41, 5.74) is 5.86. The molecule has 1 aliphatic rings. The topological polar surface area (TPSA) is 4.44 Å². The molecule has 2 heteroatoms. The van der Waals surface area contributed by atoms with Crippen LogP contribution in [0.2, 0.25) is 0 Å². The van der Waals surface area contributed by atoms with E-state index in [1.165, 1.54) is 29.7 Å². The van der Waals surface area contributed by atoms with Gasteiger partial charge in [0.15, 0.2) is 0 Å². The zero-order chi connectivity index (χ0) is 11.7. The van der Waals surface area contributed by atoms with Crippen LogP contribution in [0.3, 0.4) is 0 Å². The van der Waals surface area contributed by atoms with Gasteiger partial charge in [0.1, 0.15) is 6.54 Å². The highest BCUT2D eigenvalue weighted by atomic mass is 127. The van der Waals surface area contributed by atoms with Gasteiger partial charge in [0.05, 0.1) is 13.6 Å². The van der Waals surface area contributed by atoms with Crippen LogP contribution >= 0.6 is 0 Å². The van der Waals surface area contributed by atoms with Crippen molar-refractivity contribution < 1.29 is 28.9 Å². The fourth-order valence-electron chi connectivity index (χ4n) is 2.74. The maximum absolute atomic E-state index is 2.28. The van der Waals surface area contributed by atoms with Crippen molar-refractivity contribution in [3.05, 3.63) is 59.7 Å². The van der Waals surface area contributed by atoms with Crippen LogP contribution in [0.4, 0.5) is 0 Å². The van der Waals surface area contributed by atoms with E-state index in [2.05, 4.69) is 55.6 Å². The first kappa shape index (κ1) is 13.6. The predicted octanol–water partition coefficient (Wildman–Crippen LogP) is -1.07. The normalized spacial score (nSPS) is 17.7. The van der Waals surface area contributed by atoms with E-state index in [1.807, 2.05) is 0 Å². The van der Waals surface area contributed by atoms with Crippen molar-refractivity contribution in [1.29, 1.82) is 0 Å². The lowest BCUT2D eigenvalue weighted by molar-refractivity contribution is -0.895. The SMILES string of the molecule is C[NH+]1CCc2c(cccc2-c2ccccc2)C1.[I-]. The molecule has 0 saturated heterocycles. The van der Waals surface area contributed by atoms with Gasteiger partial charge in [-0.15, -0.1) is 0 Å². The van der Waals surface area contributed by atoms with Crippen LogP contribution in [0.15, 0.2) is 48.5 Å². The van der Waals surface area contributed by atoms with E-state index >= 15 is 0 Å².